The van der Waals surface area contributed by atoms with Gasteiger partial charge in [-0.25, -0.2) is 9.59 Å². The Morgan fingerprint density at radius 2 is 1.54 bits per heavy atom. The van der Waals surface area contributed by atoms with Gasteiger partial charge < -0.3 is 24.8 Å². The summed E-state index contributed by atoms with van der Waals surface area (Å²) in [7, 11) is 0. The third-order valence-electron chi connectivity index (χ3n) is 6.61. The zero-order valence-corrected chi connectivity index (χ0v) is 24.4. The number of hydrogen-bond donors (Lipinski definition) is 4. The molecule has 218 valence electrons. The third-order valence-corrected chi connectivity index (χ3v) is 6.61. The molecule has 0 saturated heterocycles. The van der Waals surface area contributed by atoms with Crippen molar-refractivity contribution in [2.75, 3.05) is 0 Å². The summed E-state index contributed by atoms with van der Waals surface area (Å²) >= 11 is 0. The summed E-state index contributed by atoms with van der Waals surface area (Å²) in [6.07, 6.45) is 4.44. The average Bonchev–Trinajstić information content (AvgIpc) is 3.04. The highest BCUT2D eigenvalue weighted by atomic mass is 16.7. The molecule has 39 heavy (non-hydrogen) atoms. The topological polar surface area (TPSA) is 131 Å². The number of amidine groups is 1. The number of ether oxygens (including phenoxy) is 3. The quantitative estimate of drug-likeness (QED) is 0.163. The van der Waals surface area contributed by atoms with Crippen LogP contribution in [-0.2, 0) is 20.7 Å². The standard InChI is InChI=1S/C29H46N4O6/c1-18(39-33-27(35)38-29(5,6)7)23-15-11-19-17-20(12-16-24(19)36-23)25(30)31-21-9-8-10-22(14-13-21)32-26(34)37-28(2,3)4/h12,16-18,21-23H,8-11,13-15H2,1-7H3,(H2,30,31)(H,32,34)(H,33,35). The lowest BCUT2D eigenvalue weighted by molar-refractivity contribution is -0.0775. The maximum absolute atomic E-state index is 12.1. The number of rotatable bonds is 6. The Hall–Kier alpha value is -3.01. The minimum absolute atomic E-state index is 0.0837. The average molecular weight is 547 g/mol. The van der Waals surface area contributed by atoms with Crippen molar-refractivity contribution in [1.29, 1.82) is 5.41 Å². The molecule has 0 radical (unpaired) electrons. The minimum Gasteiger partial charge on any atom is -0.487 e. The number of amides is 2. The van der Waals surface area contributed by atoms with Gasteiger partial charge in [-0.05, 0) is 117 Å². The largest absolute Gasteiger partial charge is 0.487 e. The van der Waals surface area contributed by atoms with Crippen LogP contribution in [0.3, 0.4) is 0 Å². The first-order valence-electron chi connectivity index (χ1n) is 14.0. The minimum atomic E-state index is -0.635. The second-order valence-electron chi connectivity index (χ2n) is 12.5. The number of carbonyl (C=O) groups excluding carboxylic acids is 2. The molecule has 1 aliphatic heterocycles. The molecule has 2 amide bonds. The first-order chi connectivity index (χ1) is 18.2. The van der Waals surface area contributed by atoms with Gasteiger partial charge in [-0.1, -0.05) is 0 Å². The smallest absolute Gasteiger partial charge is 0.431 e. The molecule has 0 aromatic heterocycles. The Balaban J connectivity index is 1.47. The summed E-state index contributed by atoms with van der Waals surface area (Å²) in [4.78, 5) is 29.5. The molecule has 3 rings (SSSR count). The van der Waals surface area contributed by atoms with Gasteiger partial charge in [0.2, 0.25) is 0 Å². The molecule has 1 saturated carbocycles. The van der Waals surface area contributed by atoms with E-state index in [2.05, 4.69) is 16.1 Å². The number of aryl methyl sites for hydroxylation is 1. The fourth-order valence-electron chi connectivity index (χ4n) is 4.76. The van der Waals surface area contributed by atoms with Crippen molar-refractivity contribution in [2.24, 2.45) is 0 Å². The summed E-state index contributed by atoms with van der Waals surface area (Å²) in [6, 6.07) is 6.06. The monoisotopic (exact) mass is 546 g/mol. The van der Waals surface area contributed by atoms with Crippen molar-refractivity contribution in [2.45, 2.75) is 129 Å². The van der Waals surface area contributed by atoms with E-state index < -0.39 is 17.3 Å². The molecular weight excluding hydrogens is 500 g/mol. The molecule has 1 aliphatic carbocycles. The molecular formula is C29H46N4O6. The van der Waals surface area contributed by atoms with Gasteiger partial charge in [0.15, 0.2) is 0 Å². The molecule has 1 aromatic carbocycles. The van der Waals surface area contributed by atoms with Crippen LogP contribution in [0.15, 0.2) is 18.2 Å². The van der Waals surface area contributed by atoms with Crippen LogP contribution in [0.1, 0.15) is 98.1 Å². The second-order valence-corrected chi connectivity index (χ2v) is 12.5. The number of benzene rings is 1. The zero-order chi connectivity index (χ0) is 28.8. The Kier molecular flexibility index (Phi) is 10.1. The predicted molar refractivity (Wildman–Crippen MR) is 149 cm³/mol. The van der Waals surface area contributed by atoms with E-state index in [4.69, 9.17) is 24.5 Å². The predicted octanol–water partition coefficient (Wildman–Crippen LogP) is 5.37. The van der Waals surface area contributed by atoms with Gasteiger partial charge in [-0.3, -0.25) is 10.2 Å². The normalized spacial score (nSPS) is 22.3. The lowest BCUT2D eigenvalue weighted by Crippen LogP contribution is -2.41. The van der Waals surface area contributed by atoms with Gasteiger partial charge in [-0.2, -0.15) is 5.48 Å². The van der Waals surface area contributed by atoms with E-state index in [1.807, 2.05) is 45.9 Å². The van der Waals surface area contributed by atoms with Crippen LogP contribution in [-0.4, -0.2) is 53.5 Å². The zero-order valence-electron chi connectivity index (χ0n) is 24.4. The van der Waals surface area contributed by atoms with Gasteiger partial charge in [0.05, 0.1) is 0 Å². The van der Waals surface area contributed by atoms with Gasteiger partial charge in [0, 0.05) is 17.6 Å². The number of alkyl carbamates (subject to hydrolysis) is 1. The van der Waals surface area contributed by atoms with Crippen molar-refractivity contribution in [3.63, 3.8) is 0 Å². The van der Waals surface area contributed by atoms with Crippen molar-refractivity contribution in [3.8, 4) is 5.75 Å². The number of hydrogen-bond acceptors (Lipinski definition) is 7. The molecule has 10 heteroatoms. The van der Waals surface area contributed by atoms with Gasteiger partial charge in [0.25, 0.3) is 0 Å². The number of fused-ring (bicyclic) bond motifs is 1. The number of carbonyl (C=O) groups is 2. The van der Waals surface area contributed by atoms with Crippen molar-refractivity contribution in [3.05, 3.63) is 29.3 Å². The molecule has 1 heterocycles. The summed E-state index contributed by atoms with van der Waals surface area (Å²) in [5, 5.41) is 15.1. The SMILES string of the molecule is CC(ONC(=O)OC(C)(C)C)C1CCc2cc(C(=N)NC3CCCC(NC(=O)OC(C)(C)C)CC3)ccc2O1. The molecule has 1 aromatic rings. The summed E-state index contributed by atoms with van der Waals surface area (Å²) in [6.45, 7) is 12.8. The van der Waals surface area contributed by atoms with Crippen LogP contribution in [0, 0.1) is 5.41 Å². The van der Waals surface area contributed by atoms with Crippen LogP contribution in [0.25, 0.3) is 0 Å². The molecule has 0 spiro atoms. The third kappa shape index (κ3) is 10.2. The maximum Gasteiger partial charge on any atom is 0.431 e. The van der Waals surface area contributed by atoms with E-state index in [-0.39, 0.29) is 30.4 Å². The van der Waals surface area contributed by atoms with Crippen LogP contribution < -0.4 is 20.9 Å². The van der Waals surface area contributed by atoms with E-state index >= 15 is 0 Å². The van der Waals surface area contributed by atoms with E-state index in [1.165, 1.54) is 0 Å². The maximum atomic E-state index is 12.1. The lowest BCUT2D eigenvalue weighted by atomic mass is 9.97. The van der Waals surface area contributed by atoms with Crippen LogP contribution in [0.2, 0.25) is 0 Å². The Morgan fingerprint density at radius 3 is 2.18 bits per heavy atom. The van der Waals surface area contributed by atoms with Crippen LogP contribution in [0.5, 0.6) is 5.75 Å². The molecule has 4 N–H and O–H groups in total. The van der Waals surface area contributed by atoms with E-state index in [0.29, 0.717) is 5.84 Å². The van der Waals surface area contributed by atoms with Crippen LogP contribution >= 0.6 is 0 Å². The first-order valence-corrected chi connectivity index (χ1v) is 14.0. The van der Waals surface area contributed by atoms with Crippen molar-refractivity contribution >= 4 is 18.0 Å². The summed E-state index contributed by atoms with van der Waals surface area (Å²) < 4.78 is 16.7. The van der Waals surface area contributed by atoms with E-state index in [9.17, 15) is 9.59 Å². The molecule has 2 aliphatic rings. The summed E-state index contributed by atoms with van der Waals surface area (Å²) in [5.74, 6) is 1.16. The number of hydroxylamine groups is 1. The molecule has 10 nitrogen and oxygen atoms in total. The highest BCUT2D eigenvalue weighted by molar-refractivity contribution is 5.96. The molecule has 4 unspecified atom stereocenters. The van der Waals surface area contributed by atoms with Crippen LogP contribution in [0.4, 0.5) is 9.59 Å². The summed E-state index contributed by atoms with van der Waals surface area (Å²) in [5.41, 5.74) is 3.09. The highest BCUT2D eigenvalue weighted by Crippen LogP contribution is 2.30. The Bertz CT molecular complexity index is 1020. The number of nitrogens with one attached hydrogen (secondary N) is 4. The van der Waals surface area contributed by atoms with Gasteiger partial charge in [-0.15, -0.1) is 0 Å². The van der Waals surface area contributed by atoms with Crippen molar-refractivity contribution < 1.29 is 28.6 Å². The highest BCUT2D eigenvalue weighted by Gasteiger charge is 2.28. The van der Waals surface area contributed by atoms with Gasteiger partial charge >= 0.3 is 12.2 Å². The molecule has 1 fully saturated rings. The van der Waals surface area contributed by atoms with Gasteiger partial charge in [0.1, 0.15) is 35.0 Å². The molecule has 0 bridgehead atoms. The van der Waals surface area contributed by atoms with Crippen molar-refractivity contribution in [1.82, 2.24) is 16.1 Å². The fourth-order valence-corrected chi connectivity index (χ4v) is 4.76. The van der Waals surface area contributed by atoms with E-state index in [1.54, 1.807) is 20.8 Å². The fraction of sp³-hybridized carbons (Fsp3) is 0.690. The second kappa shape index (κ2) is 12.9. The molecule has 4 atom stereocenters. The first kappa shape index (κ1) is 30.5. The Morgan fingerprint density at radius 1 is 0.923 bits per heavy atom. The van der Waals surface area contributed by atoms with E-state index in [0.717, 1.165) is 61.8 Å². The lowest BCUT2D eigenvalue weighted by Gasteiger charge is -2.30. The Labute approximate surface area is 232 Å².